The molecule has 1 aliphatic heterocycles. The van der Waals surface area contributed by atoms with Gasteiger partial charge < -0.3 is 15.0 Å². The van der Waals surface area contributed by atoms with Gasteiger partial charge in [0.2, 0.25) is 0 Å². The van der Waals surface area contributed by atoms with Crippen molar-refractivity contribution in [2.45, 2.75) is 65.0 Å². The number of unbranched alkanes of at least 4 members (excludes halogenated alkanes) is 1. The Morgan fingerprint density at radius 2 is 1.81 bits per heavy atom. The third-order valence-corrected chi connectivity index (χ3v) is 4.75. The zero-order valence-electron chi connectivity index (χ0n) is 15.8. The van der Waals surface area contributed by atoms with Crippen molar-refractivity contribution in [1.29, 1.82) is 0 Å². The number of nitrogens with zero attached hydrogens (tertiary/aromatic N) is 1. The van der Waals surface area contributed by atoms with Crippen LogP contribution in [0.25, 0.3) is 0 Å². The Bertz CT molecular complexity index is 649. The van der Waals surface area contributed by atoms with Crippen molar-refractivity contribution >= 4 is 23.5 Å². The number of nitrogens with one attached hydrogen (secondary N) is 1. The number of benzene rings is 1. The van der Waals surface area contributed by atoms with Gasteiger partial charge in [0.25, 0.3) is 0 Å². The molecule has 0 saturated carbocycles. The van der Waals surface area contributed by atoms with E-state index in [1.807, 2.05) is 20.8 Å². The van der Waals surface area contributed by atoms with E-state index in [0.717, 1.165) is 32.1 Å². The first-order valence-corrected chi connectivity index (χ1v) is 9.35. The highest BCUT2D eigenvalue weighted by Gasteiger charge is 2.33. The van der Waals surface area contributed by atoms with Crippen LogP contribution in [-0.2, 0) is 14.3 Å². The van der Waals surface area contributed by atoms with Gasteiger partial charge in [-0.1, -0.05) is 25.5 Å². The van der Waals surface area contributed by atoms with Gasteiger partial charge in [0.15, 0.2) is 0 Å². The number of carbonyl (C=O) groups excluding carboxylic acids is 3. The molecule has 0 bridgehead atoms. The van der Waals surface area contributed by atoms with E-state index in [1.165, 1.54) is 0 Å². The highest BCUT2D eigenvalue weighted by Crippen LogP contribution is 2.23. The molecule has 2 unspecified atom stereocenters. The molecular formula is C20H28N2O4. The summed E-state index contributed by atoms with van der Waals surface area (Å²) in [6, 6.07) is 6.65. The van der Waals surface area contributed by atoms with Gasteiger partial charge in [-0.05, 0) is 51.7 Å². The standard InChI is InChI=1S/C20H28N2O4/c1-4-5-13-26-20(25)16-11-6-7-12-17(16)21-18(23)19(24)22-14(2)9-8-10-15(22)3/h6-7,11-12,14-15H,4-5,8-10,13H2,1-3H3,(H,21,23). The molecule has 2 amide bonds. The Balaban J connectivity index is 2.09. The normalized spacial score (nSPS) is 19.7. The van der Waals surface area contributed by atoms with Crippen molar-refractivity contribution in [3.8, 4) is 0 Å². The molecule has 142 valence electrons. The molecule has 0 radical (unpaired) electrons. The van der Waals surface area contributed by atoms with E-state index in [1.54, 1.807) is 29.2 Å². The number of amides is 2. The lowest BCUT2D eigenvalue weighted by Gasteiger charge is -2.38. The van der Waals surface area contributed by atoms with E-state index in [-0.39, 0.29) is 17.6 Å². The van der Waals surface area contributed by atoms with E-state index >= 15 is 0 Å². The van der Waals surface area contributed by atoms with Crippen LogP contribution < -0.4 is 5.32 Å². The monoisotopic (exact) mass is 360 g/mol. The zero-order valence-corrected chi connectivity index (χ0v) is 15.8. The number of rotatable bonds is 5. The number of piperidine rings is 1. The number of hydrogen-bond donors (Lipinski definition) is 1. The minimum atomic E-state index is -0.723. The molecule has 1 aromatic rings. The maximum Gasteiger partial charge on any atom is 0.340 e. The molecular weight excluding hydrogens is 332 g/mol. The Morgan fingerprint density at radius 1 is 1.15 bits per heavy atom. The predicted octanol–water partition coefficient (Wildman–Crippen LogP) is 3.37. The Kier molecular flexibility index (Phi) is 7.18. The molecule has 6 heteroatoms. The largest absolute Gasteiger partial charge is 0.462 e. The fourth-order valence-electron chi connectivity index (χ4n) is 3.27. The number of ether oxygens (including phenoxy) is 1. The molecule has 6 nitrogen and oxygen atoms in total. The van der Waals surface area contributed by atoms with Crippen molar-refractivity contribution in [3.05, 3.63) is 29.8 Å². The third-order valence-electron chi connectivity index (χ3n) is 4.75. The lowest BCUT2D eigenvalue weighted by molar-refractivity contribution is -0.147. The molecule has 26 heavy (non-hydrogen) atoms. The van der Waals surface area contributed by atoms with Crippen LogP contribution in [0.4, 0.5) is 5.69 Å². The van der Waals surface area contributed by atoms with Crippen molar-refractivity contribution in [2.75, 3.05) is 11.9 Å². The van der Waals surface area contributed by atoms with Gasteiger partial charge in [0.1, 0.15) is 0 Å². The zero-order chi connectivity index (χ0) is 19.1. The third kappa shape index (κ3) is 4.84. The van der Waals surface area contributed by atoms with E-state index in [0.29, 0.717) is 12.3 Å². The van der Waals surface area contributed by atoms with E-state index in [2.05, 4.69) is 5.32 Å². The molecule has 1 fully saturated rings. The number of carbonyl (C=O) groups is 3. The molecule has 1 N–H and O–H groups in total. The van der Waals surface area contributed by atoms with Crippen LogP contribution in [0.15, 0.2) is 24.3 Å². The second-order valence-electron chi connectivity index (χ2n) is 6.83. The molecule has 1 aromatic carbocycles. The quantitative estimate of drug-likeness (QED) is 0.496. The summed E-state index contributed by atoms with van der Waals surface area (Å²) in [5.41, 5.74) is 0.550. The molecule has 2 atom stereocenters. The first kappa shape index (κ1) is 19.9. The van der Waals surface area contributed by atoms with Gasteiger partial charge in [0, 0.05) is 12.1 Å². The Hall–Kier alpha value is -2.37. The first-order valence-electron chi connectivity index (χ1n) is 9.35. The lowest BCUT2D eigenvalue weighted by atomic mass is 9.97. The SMILES string of the molecule is CCCCOC(=O)c1ccccc1NC(=O)C(=O)N1C(C)CCCC1C. The minimum absolute atomic E-state index is 0.0336. The highest BCUT2D eigenvalue weighted by atomic mass is 16.5. The molecule has 0 spiro atoms. The van der Waals surface area contributed by atoms with E-state index in [9.17, 15) is 14.4 Å². The number of likely N-dealkylation sites (tertiary alicyclic amines) is 1. The van der Waals surface area contributed by atoms with Crippen LogP contribution >= 0.6 is 0 Å². The van der Waals surface area contributed by atoms with Gasteiger partial charge >= 0.3 is 17.8 Å². The van der Waals surface area contributed by atoms with Gasteiger partial charge in [-0.3, -0.25) is 9.59 Å². The minimum Gasteiger partial charge on any atom is -0.462 e. The average Bonchev–Trinajstić information content (AvgIpc) is 2.62. The fourth-order valence-corrected chi connectivity index (χ4v) is 3.27. The maximum atomic E-state index is 12.6. The molecule has 1 aliphatic rings. The Labute approximate surface area is 154 Å². The van der Waals surface area contributed by atoms with E-state index < -0.39 is 17.8 Å². The van der Waals surface area contributed by atoms with Gasteiger partial charge in [-0.15, -0.1) is 0 Å². The van der Waals surface area contributed by atoms with Crippen molar-refractivity contribution < 1.29 is 19.1 Å². The average molecular weight is 360 g/mol. The molecule has 2 rings (SSSR count). The molecule has 0 aliphatic carbocycles. The van der Waals surface area contributed by atoms with E-state index in [4.69, 9.17) is 4.74 Å². The van der Waals surface area contributed by atoms with Crippen LogP contribution in [0.5, 0.6) is 0 Å². The summed E-state index contributed by atoms with van der Waals surface area (Å²) < 4.78 is 5.22. The molecule has 0 aromatic heterocycles. The number of anilines is 1. The highest BCUT2D eigenvalue weighted by molar-refractivity contribution is 6.40. The molecule has 1 saturated heterocycles. The summed E-state index contributed by atoms with van der Waals surface area (Å²) in [7, 11) is 0. The Morgan fingerprint density at radius 3 is 2.46 bits per heavy atom. The van der Waals surface area contributed by atoms with Crippen molar-refractivity contribution in [2.24, 2.45) is 0 Å². The number of para-hydroxylation sites is 1. The fraction of sp³-hybridized carbons (Fsp3) is 0.550. The van der Waals surface area contributed by atoms with Crippen LogP contribution in [0.3, 0.4) is 0 Å². The summed E-state index contributed by atoms with van der Waals surface area (Å²) in [5, 5.41) is 2.59. The summed E-state index contributed by atoms with van der Waals surface area (Å²) in [6.45, 7) is 6.26. The van der Waals surface area contributed by atoms with Crippen LogP contribution in [0.2, 0.25) is 0 Å². The maximum absolute atomic E-state index is 12.6. The van der Waals surface area contributed by atoms with Gasteiger partial charge in [0.05, 0.1) is 17.9 Å². The second-order valence-corrected chi connectivity index (χ2v) is 6.83. The van der Waals surface area contributed by atoms with Gasteiger partial charge in [-0.25, -0.2) is 4.79 Å². The van der Waals surface area contributed by atoms with Crippen LogP contribution in [-0.4, -0.2) is 41.4 Å². The topological polar surface area (TPSA) is 75.7 Å². The van der Waals surface area contributed by atoms with Crippen molar-refractivity contribution in [1.82, 2.24) is 4.90 Å². The number of hydrogen-bond acceptors (Lipinski definition) is 4. The van der Waals surface area contributed by atoms with Crippen LogP contribution in [0, 0.1) is 0 Å². The summed E-state index contributed by atoms with van der Waals surface area (Å²) in [5.74, 6) is -1.78. The first-order chi connectivity index (χ1) is 12.5. The lowest BCUT2D eigenvalue weighted by Crippen LogP contribution is -2.51. The molecule has 1 heterocycles. The number of esters is 1. The van der Waals surface area contributed by atoms with Crippen molar-refractivity contribution in [3.63, 3.8) is 0 Å². The van der Waals surface area contributed by atoms with Gasteiger partial charge in [-0.2, -0.15) is 0 Å². The summed E-state index contributed by atoms with van der Waals surface area (Å²) in [6.07, 6.45) is 4.55. The summed E-state index contributed by atoms with van der Waals surface area (Å²) in [4.78, 5) is 39.0. The second kappa shape index (κ2) is 9.36. The smallest absolute Gasteiger partial charge is 0.340 e. The van der Waals surface area contributed by atoms with Crippen LogP contribution in [0.1, 0.15) is 63.2 Å². The predicted molar refractivity (Wildman–Crippen MR) is 99.9 cm³/mol. The summed E-state index contributed by atoms with van der Waals surface area (Å²) >= 11 is 0.